The lowest BCUT2D eigenvalue weighted by atomic mass is 10.0. The zero-order valence-electron chi connectivity index (χ0n) is 16.5. The van der Waals surface area contributed by atoms with Crippen molar-refractivity contribution in [2.75, 3.05) is 18.6 Å². The van der Waals surface area contributed by atoms with Crippen molar-refractivity contribution in [2.45, 2.75) is 45.8 Å². The Morgan fingerprint density at radius 2 is 2.04 bits per heavy atom. The van der Waals surface area contributed by atoms with E-state index in [1.165, 1.54) is 11.8 Å². The van der Waals surface area contributed by atoms with Crippen molar-refractivity contribution in [3.63, 3.8) is 0 Å². The third kappa shape index (κ3) is 4.06. The van der Waals surface area contributed by atoms with Crippen LogP contribution in [-0.2, 0) is 30.6 Å². The Labute approximate surface area is 164 Å². The van der Waals surface area contributed by atoms with Gasteiger partial charge in [0.05, 0.1) is 24.2 Å². The summed E-state index contributed by atoms with van der Waals surface area (Å²) in [6.07, 6.45) is 0.961. The van der Waals surface area contributed by atoms with Crippen LogP contribution in [0.2, 0.25) is 0 Å². The molecule has 28 heavy (non-hydrogen) atoms. The molecule has 2 heterocycles. The summed E-state index contributed by atoms with van der Waals surface area (Å²) in [6, 6.07) is 3.51. The Bertz CT molecular complexity index is 1020. The van der Waals surface area contributed by atoms with Crippen LogP contribution in [0.15, 0.2) is 22.8 Å². The second-order valence-corrected chi connectivity index (χ2v) is 9.69. The molecule has 0 saturated carbocycles. The molecule has 0 radical (unpaired) electrons. The first-order chi connectivity index (χ1) is 13.1. The second-order valence-electron chi connectivity index (χ2n) is 7.46. The fraction of sp³-hybridized carbons (Fsp3) is 0.500. The molecule has 7 nitrogen and oxygen atoms in total. The third-order valence-electron chi connectivity index (χ3n) is 5.44. The lowest BCUT2D eigenvalue weighted by Crippen LogP contribution is -2.44. The quantitative estimate of drug-likeness (QED) is 0.705. The van der Waals surface area contributed by atoms with E-state index in [-0.39, 0.29) is 24.0 Å². The van der Waals surface area contributed by atoms with E-state index in [0.29, 0.717) is 12.0 Å². The summed E-state index contributed by atoms with van der Waals surface area (Å²) in [4.78, 5) is 26.2. The van der Waals surface area contributed by atoms with E-state index in [2.05, 4.69) is 0 Å². The van der Waals surface area contributed by atoms with Gasteiger partial charge in [0.25, 0.3) is 5.91 Å². The average molecular weight is 407 g/mol. The highest BCUT2D eigenvalue weighted by Crippen LogP contribution is 2.27. The average Bonchev–Trinajstić information content (AvgIpc) is 3.20. The van der Waals surface area contributed by atoms with Gasteiger partial charge in [-0.1, -0.05) is 12.1 Å². The number of fused-ring (bicyclic) bond motifs is 1. The number of hydrogen-bond donors (Lipinski definition) is 0. The van der Waals surface area contributed by atoms with Crippen LogP contribution in [0.1, 0.15) is 30.0 Å². The van der Waals surface area contributed by atoms with Crippen molar-refractivity contribution < 1.29 is 27.2 Å². The fourth-order valence-electron chi connectivity index (χ4n) is 3.52. The number of aryl methyl sites for hydroxylation is 2. The van der Waals surface area contributed by atoms with E-state index in [1.54, 1.807) is 13.3 Å². The molecule has 3 rings (SSSR count). The van der Waals surface area contributed by atoms with E-state index >= 15 is 0 Å². The minimum atomic E-state index is -3.10. The highest BCUT2D eigenvalue weighted by Gasteiger charge is 2.35. The molecule has 152 valence electrons. The molecule has 8 heteroatoms. The van der Waals surface area contributed by atoms with Gasteiger partial charge in [-0.2, -0.15) is 0 Å². The van der Waals surface area contributed by atoms with Gasteiger partial charge in [0.15, 0.2) is 15.9 Å². The second kappa shape index (κ2) is 7.58. The molecule has 1 aliphatic rings. The molecular formula is C20H25NO6S. The van der Waals surface area contributed by atoms with Crippen LogP contribution < -0.4 is 0 Å². The summed E-state index contributed by atoms with van der Waals surface area (Å²) in [7, 11) is -1.55. The molecule has 1 fully saturated rings. The van der Waals surface area contributed by atoms with Crippen molar-refractivity contribution in [3.05, 3.63) is 35.1 Å². The van der Waals surface area contributed by atoms with Crippen molar-refractivity contribution >= 4 is 32.7 Å². The van der Waals surface area contributed by atoms with Gasteiger partial charge < -0.3 is 14.1 Å². The zero-order valence-corrected chi connectivity index (χ0v) is 17.3. The summed E-state index contributed by atoms with van der Waals surface area (Å²) in [5, 5.41) is 0.854. The minimum absolute atomic E-state index is 0.00531. The van der Waals surface area contributed by atoms with Crippen LogP contribution in [-0.4, -0.2) is 55.9 Å². The maximum atomic E-state index is 12.5. The summed E-state index contributed by atoms with van der Waals surface area (Å²) in [5.74, 6) is -0.904. The molecule has 0 aliphatic carbocycles. The van der Waals surface area contributed by atoms with Crippen molar-refractivity contribution in [3.8, 4) is 0 Å². The van der Waals surface area contributed by atoms with Crippen LogP contribution in [0.3, 0.4) is 0 Å². The highest BCUT2D eigenvalue weighted by molar-refractivity contribution is 7.91. The first-order valence-corrected chi connectivity index (χ1v) is 11.0. The molecule has 0 spiro atoms. The molecule has 1 amide bonds. The molecule has 0 N–H and O–H groups in total. The van der Waals surface area contributed by atoms with Crippen LogP contribution in [0.5, 0.6) is 0 Å². The van der Waals surface area contributed by atoms with Gasteiger partial charge in [-0.05, 0) is 38.3 Å². The number of ether oxygens (including phenoxy) is 1. The lowest BCUT2D eigenvalue weighted by Gasteiger charge is -2.26. The molecule has 0 bridgehead atoms. The maximum absolute atomic E-state index is 12.5. The van der Waals surface area contributed by atoms with Gasteiger partial charge in [0, 0.05) is 24.0 Å². The maximum Gasteiger partial charge on any atom is 0.311 e. The van der Waals surface area contributed by atoms with Crippen molar-refractivity contribution in [1.29, 1.82) is 0 Å². The number of amides is 1. The number of carbonyl (C=O) groups excluding carboxylic acids is 2. The smallest absolute Gasteiger partial charge is 0.311 e. The van der Waals surface area contributed by atoms with Gasteiger partial charge in [0.1, 0.15) is 5.58 Å². The molecular weight excluding hydrogens is 382 g/mol. The van der Waals surface area contributed by atoms with Crippen molar-refractivity contribution in [1.82, 2.24) is 4.90 Å². The SMILES string of the molecule is Cc1ccc2c(CC(=O)O[C@@H](C)C(=O)N(C)[C@@H]3CCS(=O)(=O)C3)coc2c1C. The molecule has 1 aliphatic heterocycles. The highest BCUT2D eigenvalue weighted by atomic mass is 32.2. The van der Waals surface area contributed by atoms with Crippen LogP contribution in [0, 0.1) is 13.8 Å². The molecule has 0 unspecified atom stereocenters. The Morgan fingerprint density at radius 1 is 1.32 bits per heavy atom. The van der Waals surface area contributed by atoms with E-state index < -0.39 is 27.8 Å². The number of furan rings is 1. The fourth-order valence-corrected chi connectivity index (χ4v) is 5.29. The van der Waals surface area contributed by atoms with Gasteiger partial charge in [-0.25, -0.2) is 8.42 Å². The summed E-state index contributed by atoms with van der Waals surface area (Å²) >= 11 is 0. The number of esters is 1. The predicted molar refractivity (Wildman–Crippen MR) is 105 cm³/mol. The summed E-state index contributed by atoms with van der Waals surface area (Å²) in [5.41, 5.74) is 3.58. The summed E-state index contributed by atoms with van der Waals surface area (Å²) in [6.45, 7) is 5.45. The van der Waals surface area contributed by atoms with Crippen LogP contribution in [0.25, 0.3) is 11.0 Å². The van der Waals surface area contributed by atoms with Crippen LogP contribution >= 0.6 is 0 Å². The Hall–Kier alpha value is -2.35. The third-order valence-corrected chi connectivity index (χ3v) is 7.19. The number of benzene rings is 1. The minimum Gasteiger partial charge on any atom is -0.464 e. The molecule has 2 aromatic rings. The first-order valence-electron chi connectivity index (χ1n) is 9.22. The van der Waals surface area contributed by atoms with E-state index in [4.69, 9.17) is 9.15 Å². The predicted octanol–water partition coefficient (Wildman–Crippen LogP) is 2.17. The molecule has 2 atom stereocenters. The Balaban J connectivity index is 1.63. The van der Waals surface area contributed by atoms with Gasteiger partial charge >= 0.3 is 5.97 Å². The first kappa shape index (κ1) is 20.4. The topological polar surface area (TPSA) is 93.9 Å². The monoisotopic (exact) mass is 407 g/mol. The zero-order chi connectivity index (χ0) is 20.6. The summed E-state index contributed by atoms with van der Waals surface area (Å²) < 4.78 is 34.1. The van der Waals surface area contributed by atoms with E-state index in [1.807, 2.05) is 26.0 Å². The number of rotatable bonds is 5. The Morgan fingerprint density at radius 3 is 2.68 bits per heavy atom. The standard InChI is InChI=1S/C20H25NO6S/c1-12-5-6-17-15(10-26-19(17)13(12)2)9-18(22)27-14(3)20(23)21(4)16-7-8-28(24,25)11-16/h5-6,10,14,16H,7-9,11H2,1-4H3/t14-,16+/m0/s1. The van der Waals surface area contributed by atoms with Gasteiger partial charge in [-0.3, -0.25) is 9.59 Å². The molecule has 1 aromatic carbocycles. The van der Waals surface area contributed by atoms with Gasteiger partial charge in [-0.15, -0.1) is 0 Å². The number of nitrogens with zero attached hydrogens (tertiary/aromatic N) is 1. The number of hydrogen-bond acceptors (Lipinski definition) is 6. The van der Waals surface area contributed by atoms with Crippen LogP contribution in [0.4, 0.5) is 0 Å². The lowest BCUT2D eigenvalue weighted by molar-refractivity contribution is -0.158. The number of sulfone groups is 1. The largest absolute Gasteiger partial charge is 0.464 e. The van der Waals surface area contributed by atoms with E-state index in [0.717, 1.165) is 22.1 Å². The number of likely N-dealkylation sites (N-methyl/N-ethyl adjacent to an activating group) is 1. The molecule has 1 aromatic heterocycles. The van der Waals surface area contributed by atoms with E-state index in [9.17, 15) is 18.0 Å². The molecule has 1 saturated heterocycles. The number of carbonyl (C=O) groups is 2. The van der Waals surface area contributed by atoms with Gasteiger partial charge in [0.2, 0.25) is 0 Å². The Kier molecular flexibility index (Phi) is 5.52. The normalized spacial score (nSPS) is 19.5. The van der Waals surface area contributed by atoms with Crippen molar-refractivity contribution in [2.24, 2.45) is 0 Å².